The van der Waals surface area contributed by atoms with Crippen LogP contribution in [-0.4, -0.2) is 25.2 Å². The van der Waals surface area contributed by atoms with Crippen LogP contribution in [0.15, 0.2) is 23.8 Å². The lowest BCUT2D eigenvalue weighted by atomic mass is 9.46. The third-order valence-corrected chi connectivity index (χ3v) is 6.96. The van der Waals surface area contributed by atoms with Crippen molar-refractivity contribution in [3.63, 3.8) is 0 Å². The Balaban J connectivity index is 2.39. The highest BCUT2D eigenvalue weighted by Crippen LogP contribution is 2.62. The van der Waals surface area contributed by atoms with Gasteiger partial charge in [0.1, 0.15) is 6.10 Å². The molecule has 0 aromatic heterocycles. The van der Waals surface area contributed by atoms with Gasteiger partial charge in [0.2, 0.25) is 0 Å². The second kappa shape index (κ2) is 8.20. The molecule has 0 heterocycles. The van der Waals surface area contributed by atoms with Gasteiger partial charge >= 0.3 is 11.9 Å². The zero-order valence-electron chi connectivity index (χ0n) is 17.9. The van der Waals surface area contributed by atoms with Gasteiger partial charge in [-0.3, -0.25) is 4.79 Å². The van der Waals surface area contributed by atoms with Crippen LogP contribution in [0.1, 0.15) is 73.1 Å². The monoisotopic (exact) mass is 376 g/mol. The van der Waals surface area contributed by atoms with E-state index in [1.165, 1.54) is 38.5 Å². The lowest BCUT2D eigenvalue weighted by Gasteiger charge is -2.59. The summed E-state index contributed by atoms with van der Waals surface area (Å²) in [5.74, 6) is 0.0387. The van der Waals surface area contributed by atoms with Crippen LogP contribution in [0.4, 0.5) is 0 Å². The molecule has 2 aliphatic rings. The summed E-state index contributed by atoms with van der Waals surface area (Å²) < 4.78 is 10.6. The van der Waals surface area contributed by atoms with E-state index in [2.05, 4.69) is 27.4 Å². The fourth-order valence-electron chi connectivity index (χ4n) is 5.97. The van der Waals surface area contributed by atoms with E-state index in [0.717, 1.165) is 24.8 Å². The maximum Gasteiger partial charge on any atom is 0.330 e. The van der Waals surface area contributed by atoms with Gasteiger partial charge in [-0.25, -0.2) is 4.79 Å². The van der Waals surface area contributed by atoms with Gasteiger partial charge in [-0.15, -0.1) is 0 Å². The highest BCUT2D eigenvalue weighted by Gasteiger charge is 2.55. The summed E-state index contributed by atoms with van der Waals surface area (Å²) in [6.07, 6.45) is 7.42. The number of ether oxygens (including phenoxy) is 2. The summed E-state index contributed by atoms with van der Waals surface area (Å²) in [4.78, 5) is 23.5. The first-order valence-corrected chi connectivity index (χ1v) is 10.1. The minimum Gasteiger partial charge on any atom is -0.466 e. The second-order valence-electron chi connectivity index (χ2n) is 9.44. The van der Waals surface area contributed by atoms with Crippen LogP contribution in [0.2, 0.25) is 0 Å². The fourth-order valence-corrected chi connectivity index (χ4v) is 5.97. The maximum atomic E-state index is 11.9. The molecule has 4 nitrogen and oxygen atoms in total. The molecule has 0 aromatic rings. The maximum absolute atomic E-state index is 11.9. The summed E-state index contributed by atoms with van der Waals surface area (Å²) in [6, 6.07) is 0. The Morgan fingerprint density at radius 3 is 2.52 bits per heavy atom. The van der Waals surface area contributed by atoms with Crippen molar-refractivity contribution >= 4 is 11.9 Å². The Labute approximate surface area is 164 Å². The number of esters is 2. The number of methoxy groups -OCH3 is 1. The van der Waals surface area contributed by atoms with Gasteiger partial charge in [0.25, 0.3) is 0 Å². The Kier molecular flexibility index (Phi) is 6.59. The molecule has 2 saturated carbocycles. The predicted molar refractivity (Wildman–Crippen MR) is 107 cm³/mol. The van der Waals surface area contributed by atoms with Crippen molar-refractivity contribution in [1.82, 2.24) is 0 Å². The van der Waals surface area contributed by atoms with Gasteiger partial charge < -0.3 is 9.47 Å². The first-order valence-electron chi connectivity index (χ1n) is 10.1. The molecule has 0 N–H and O–H groups in total. The van der Waals surface area contributed by atoms with Crippen molar-refractivity contribution in [2.24, 2.45) is 22.7 Å². The SMILES string of the molecule is C=C1CCC2C(C)(C)CCCC2(C)C1C(CC(C)=CC(=O)OC)OC(C)=O. The van der Waals surface area contributed by atoms with Crippen LogP contribution in [0.5, 0.6) is 0 Å². The van der Waals surface area contributed by atoms with Crippen molar-refractivity contribution in [2.45, 2.75) is 79.2 Å². The molecule has 152 valence electrons. The van der Waals surface area contributed by atoms with Gasteiger partial charge in [0.15, 0.2) is 0 Å². The summed E-state index contributed by atoms with van der Waals surface area (Å²) in [5, 5.41) is 0. The van der Waals surface area contributed by atoms with Crippen molar-refractivity contribution < 1.29 is 19.1 Å². The van der Waals surface area contributed by atoms with E-state index in [9.17, 15) is 9.59 Å². The molecule has 2 aliphatic carbocycles. The van der Waals surface area contributed by atoms with E-state index < -0.39 is 0 Å². The number of rotatable bonds is 5. The molecule has 0 aromatic carbocycles. The fraction of sp³-hybridized carbons (Fsp3) is 0.739. The Hall–Kier alpha value is -1.58. The zero-order chi connectivity index (χ0) is 20.4. The van der Waals surface area contributed by atoms with Gasteiger partial charge in [-0.1, -0.05) is 44.9 Å². The molecule has 0 saturated heterocycles. The van der Waals surface area contributed by atoms with Gasteiger partial charge in [0, 0.05) is 25.3 Å². The highest BCUT2D eigenvalue weighted by molar-refractivity contribution is 5.82. The third-order valence-electron chi connectivity index (χ3n) is 6.96. The van der Waals surface area contributed by atoms with Gasteiger partial charge in [-0.2, -0.15) is 0 Å². The van der Waals surface area contributed by atoms with E-state index in [0.29, 0.717) is 12.3 Å². The van der Waals surface area contributed by atoms with E-state index >= 15 is 0 Å². The smallest absolute Gasteiger partial charge is 0.330 e. The molecule has 0 spiro atoms. The molecule has 2 rings (SSSR count). The number of fused-ring (bicyclic) bond motifs is 1. The Morgan fingerprint density at radius 1 is 1.26 bits per heavy atom. The van der Waals surface area contributed by atoms with Crippen molar-refractivity contribution in [3.05, 3.63) is 23.8 Å². The Morgan fingerprint density at radius 2 is 1.93 bits per heavy atom. The molecule has 0 aliphatic heterocycles. The molecular formula is C23H36O4. The number of carbonyl (C=O) groups excluding carboxylic acids is 2. The standard InChI is InChI=1S/C23H36O4/c1-15(14-20(25)26-7)13-18(27-17(3)24)21-16(2)9-10-19-22(4,5)11-8-12-23(19,21)6/h14,18-19,21H,2,8-13H2,1,3-7H3. The van der Waals surface area contributed by atoms with Gasteiger partial charge in [0.05, 0.1) is 7.11 Å². The van der Waals surface area contributed by atoms with E-state index in [4.69, 9.17) is 9.47 Å². The summed E-state index contributed by atoms with van der Waals surface area (Å²) in [5.41, 5.74) is 2.39. The van der Waals surface area contributed by atoms with Crippen LogP contribution < -0.4 is 0 Å². The molecule has 0 radical (unpaired) electrons. The molecule has 4 heteroatoms. The van der Waals surface area contributed by atoms with Crippen LogP contribution in [0, 0.1) is 22.7 Å². The van der Waals surface area contributed by atoms with Crippen molar-refractivity contribution in [2.75, 3.05) is 7.11 Å². The highest BCUT2D eigenvalue weighted by atomic mass is 16.5. The van der Waals surface area contributed by atoms with Crippen LogP contribution >= 0.6 is 0 Å². The molecule has 27 heavy (non-hydrogen) atoms. The topological polar surface area (TPSA) is 52.6 Å². The predicted octanol–water partition coefficient (Wildman–Crippen LogP) is 5.23. The van der Waals surface area contributed by atoms with E-state index in [-0.39, 0.29) is 34.8 Å². The molecule has 2 fully saturated rings. The average molecular weight is 377 g/mol. The van der Waals surface area contributed by atoms with Crippen molar-refractivity contribution in [3.8, 4) is 0 Å². The number of hydrogen-bond acceptors (Lipinski definition) is 4. The van der Waals surface area contributed by atoms with E-state index in [1.807, 2.05) is 6.92 Å². The zero-order valence-corrected chi connectivity index (χ0v) is 17.9. The van der Waals surface area contributed by atoms with Crippen LogP contribution in [-0.2, 0) is 19.1 Å². The first kappa shape index (κ1) is 21.7. The number of hydrogen-bond donors (Lipinski definition) is 0. The Bertz CT molecular complexity index is 630. The van der Waals surface area contributed by atoms with Crippen LogP contribution in [0.3, 0.4) is 0 Å². The molecular weight excluding hydrogens is 340 g/mol. The van der Waals surface area contributed by atoms with Crippen LogP contribution in [0.25, 0.3) is 0 Å². The van der Waals surface area contributed by atoms with E-state index in [1.54, 1.807) is 0 Å². The minimum atomic E-state index is -0.376. The third kappa shape index (κ3) is 4.64. The average Bonchev–Trinajstić information content (AvgIpc) is 2.52. The van der Waals surface area contributed by atoms with Crippen molar-refractivity contribution in [1.29, 1.82) is 0 Å². The van der Waals surface area contributed by atoms with Gasteiger partial charge in [-0.05, 0) is 49.4 Å². The lowest BCUT2D eigenvalue weighted by Crippen LogP contribution is -2.53. The quantitative estimate of drug-likeness (QED) is 0.375. The summed E-state index contributed by atoms with van der Waals surface area (Å²) in [6.45, 7) is 14.9. The number of carbonyl (C=O) groups is 2. The molecule has 4 atom stereocenters. The first-order chi connectivity index (χ1) is 12.5. The molecule has 0 amide bonds. The lowest BCUT2D eigenvalue weighted by molar-refractivity contribution is -0.156. The normalized spacial score (nSPS) is 31.6. The molecule has 4 unspecified atom stereocenters. The molecule has 0 bridgehead atoms. The second-order valence-corrected chi connectivity index (χ2v) is 9.44. The summed E-state index contributed by atoms with van der Waals surface area (Å²) in [7, 11) is 1.37. The minimum absolute atomic E-state index is 0.0583. The largest absolute Gasteiger partial charge is 0.466 e. The summed E-state index contributed by atoms with van der Waals surface area (Å²) >= 11 is 0.